The van der Waals surface area contributed by atoms with Crippen molar-refractivity contribution in [1.29, 1.82) is 0 Å². The summed E-state index contributed by atoms with van der Waals surface area (Å²) in [6, 6.07) is 0. The number of allylic oxidation sites excluding steroid dienone is 5. The number of ether oxygens (including phenoxy) is 1. The van der Waals surface area contributed by atoms with Gasteiger partial charge in [-0.25, -0.2) is 0 Å². The Labute approximate surface area is 131 Å². The van der Waals surface area contributed by atoms with Gasteiger partial charge in [-0.3, -0.25) is 0 Å². The van der Waals surface area contributed by atoms with E-state index in [-0.39, 0.29) is 5.60 Å². The van der Waals surface area contributed by atoms with Crippen molar-refractivity contribution in [1.82, 2.24) is 0 Å². The Morgan fingerprint density at radius 1 is 1.19 bits per heavy atom. The number of hydrogen-bond donors (Lipinski definition) is 0. The number of epoxide rings is 1. The number of fused-ring (bicyclic) bond motifs is 1. The zero-order valence-electron chi connectivity index (χ0n) is 14.4. The molecule has 0 amide bonds. The van der Waals surface area contributed by atoms with E-state index in [1.54, 1.807) is 0 Å². The average molecular weight is 288 g/mol. The molecule has 1 heterocycles. The van der Waals surface area contributed by atoms with E-state index in [4.69, 9.17) is 4.74 Å². The quantitative estimate of drug-likeness (QED) is 0.427. The van der Waals surface area contributed by atoms with Crippen molar-refractivity contribution in [3.05, 3.63) is 35.5 Å². The minimum atomic E-state index is 0.124. The summed E-state index contributed by atoms with van der Waals surface area (Å²) >= 11 is 0. The third kappa shape index (κ3) is 4.85. The Hall–Kier alpha value is -0.820. The minimum absolute atomic E-state index is 0.124. The first-order valence-electron chi connectivity index (χ1n) is 8.55. The van der Waals surface area contributed by atoms with E-state index in [2.05, 4.69) is 46.4 Å². The van der Waals surface area contributed by atoms with Crippen molar-refractivity contribution in [2.75, 3.05) is 0 Å². The second-order valence-corrected chi connectivity index (χ2v) is 7.42. The first-order chi connectivity index (χ1) is 9.90. The van der Waals surface area contributed by atoms with E-state index >= 15 is 0 Å². The van der Waals surface area contributed by atoms with E-state index in [1.165, 1.54) is 42.4 Å². The molecule has 118 valence electrons. The summed E-state index contributed by atoms with van der Waals surface area (Å²) in [4.78, 5) is 0. The lowest BCUT2D eigenvalue weighted by molar-refractivity contribution is 0.289. The van der Waals surface area contributed by atoms with Gasteiger partial charge in [0.1, 0.15) is 0 Å². The van der Waals surface area contributed by atoms with Crippen molar-refractivity contribution >= 4 is 0 Å². The highest BCUT2D eigenvalue weighted by Gasteiger charge is 2.51. The second kappa shape index (κ2) is 6.96. The van der Waals surface area contributed by atoms with Crippen molar-refractivity contribution in [2.24, 2.45) is 5.92 Å². The Kier molecular flexibility index (Phi) is 5.48. The summed E-state index contributed by atoms with van der Waals surface area (Å²) in [6.07, 6.45) is 13.6. The topological polar surface area (TPSA) is 12.5 Å². The Balaban J connectivity index is 2.05. The molecular formula is C20H32O. The van der Waals surface area contributed by atoms with Crippen LogP contribution >= 0.6 is 0 Å². The predicted molar refractivity (Wildman–Crippen MR) is 91.4 cm³/mol. The van der Waals surface area contributed by atoms with E-state index < -0.39 is 0 Å². The van der Waals surface area contributed by atoms with Crippen LogP contribution in [0, 0.1) is 5.92 Å². The summed E-state index contributed by atoms with van der Waals surface area (Å²) in [6.45, 7) is 13.2. The number of hydrogen-bond acceptors (Lipinski definition) is 1. The van der Waals surface area contributed by atoms with Crippen molar-refractivity contribution in [3.63, 3.8) is 0 Å². The van der Waals surface area contributed by atoms with Crippen LogP contribution in [0.5, 0.6) is 0 Å². The fraction of sp³-hybridized carbons (Fsp3) is 0.700. The van der Waals surface area contributed by atoms with E-state index in [0.29, 0.717) is 12.0 Å². The van der Waals surface area contributed by atoms with Gasteiger partial charge < -0.3 is 4.74 Å². The molecule has 0 aromatic rings. The van der Waals surface area contributed by atoms with E-state index in [0.717, 1.165) is 19.3 Å². The fourth-order valence-corrected chi connectivity index (χ4v) is 3.39. The maximum absolute atomic E-state index is 6.04. The maximum Gasteiger partial charge on any atom is 0.0923 e. The fourth-order valence-electron chi connectivity index (χ4n) is 3.39. The summed E-state index contributed by atoms with van der Waals surface area (Å²) in [5, 5.41) is 0. The standard InChI is InChI=1S/C20H32O/c1-15(2)18-12-11-17(4)9-6-8-16(3)10-7-13-20(5)19(14-18)21-20/h9-10,18-19H,1,6-8,11-14H2,2-5H3/b16-10?,17-9+/t18-,19-,20+/m1/s1. The summed E-state index contributed by atoms with van der Waals surface area (Å²) in [5.74, 6) is 0.611. The van der Waals surface area contributed by atoms with Gasteiger partial charge in [-0.1, -0.05) is 35.5 Å². The molecule has 0 spiro atoms. The molecule has 2 rings (SSSR count). The molecule has 0 N–H and O–H groups in total. The molecule has 2 aliphatic rings. The highest BCUT2D eigenvalue weighted by Crippen LogP contribution is 2.45. The first-order valence-corrected chi connectivity index (χ1v) is 8.55. The highest BCUT2D eigenvalue weighted by molar-refractivity contribution is 5.10. The number of rotatable bonds is 1. The lowest BCUT2D eigenvalue weighted by atomic mass is 9.86. The molecule has 0 aromatic carbocycles. The van der Waals surface area contributed by atoms with Crippen LogP contribution in [0.15, 0.2) is 35.5 Å². The van der Waals surface area contributed by atoms with Crippen molar-refractivity contribution in [3.8, 4) is 0 Å². The smallest absolute Gasteiger partial charge is 0.0923 e. The van der Waals surface area contributed by atoms with Crippen LogP contribution < -0.4 is 0 Å². The molecule has 1 saturated heterocycles. The third-order valence-electron chi connectivity index (χ3n) is 5.28. The Bertz CT molecular complexity index is 443. The normalized spacial score (nSPS) is 37.5. The molecule has 0 saturated carbocycles. The van der Waals surface area contributed by atoms with Gasteiger partial charge in [-0.2, -0.15) is 0 Å². The predicted octanol–water partition coefficient (Wildman–Crippen LogP) is 5.97. The van der Waals surface area contributed by atoms with Gasteiger partial charge in [0, 0.05) is 0 Å². The average Bonchev–Trinajstić information content (AvgIpc) is 3.03. The molecule has 21 heavy (non-hydrogen) atoms. The van der Waals surface area contributed by atoms with Gasteiger partial charge in [0.2, 0.25) is 0 Å². The van der Waals surface area contributed by atoms with Crippen molar-refractivity contribution in [2.45, 2.75) is 84.3 Å². The van der Waals surface area contributed by atoms with Crippen molar-refractivity contribution < 1.29 is 4.74 Å². The van der Waals surface area contributed by atoms with Gasteiger partial charge in [0.25, 0.3) is 0 Å². The Morgan fingerprint density at radius 3 is 2.57 bits per heavy atom. The molecule has 1 fully saturated rings. The van der Waals surface area contributed by atoms with Crippen LogP contribution in [0.4, 0.5) is 0 Å². The minimum Gasteiger partial charge on any atom is -0.366 e. The van der Waals surface area contributed by atoms with Gasteiger partial charge >= 0.3 is 0 Å². The second-order valence-electron chi connectivity index (χ2n) is 7.42. The largest absolute Gasteiger partial charge is 0.366 e. The highest BCUT2D eigenvalue weighted by atomic mass is 16.6. The van der Waals surface area contributed by atoms with Crippen LogP contribution in [0.25, 0.3) is 0 Å². The van der Waals surface area contributed by atoms with Crippen LogP contribution in [0.3, 0.4) is 0 Å². The molecular weight excluding hydrogens is 256 g/mol. The molecule has 1 aliphatic heterocycles. The van der Waals surface area contributed by atoms with Gasteiger partial charge in [-0.15, -0.1) is 0 Å². The van der Waals surface area contributed by atoms with Gasteiger partial charge in [0.05, 0.1) is 11.7 Å². The molecule has 0 unspecified atom stereocenters. The van der Waals surface area contributed by atoms with E-state index in [9.17, 15) is 0 Å². The zero-order valence-corrected chi connectivity index (χ0v) is 14.4. The van der Waals surface area contributed by atoms with Crippen LogP contribution in [-0.4, -0.2) is 11.7 Å². The summed E-state index contributed by atoms with van der Waals surface area (Å²) in [7, 11) is 0. The molecule has 0 aromatic heterocycles. The van der Waals surface area contributed by atoms with Crippen LogP contribution in [-0.2, 0) is 4.74 Å². The molecule has 3 atom stereocenters. The first kappa shape index (κ1) is 16.5. The summed E-state index contributed by atoms with van der Waals surface area (Å²) in [5.41, 5.74) is 4.50. The third-order valence-corrected chi connectivity index (χ3v) is 5.28. The van der Waals surface area contributed by atoms with Gasteiger partial charge in [-0.05, 0) is 78.6 Å². The monoisotopic (exact) mass is 288 g/mol. The maximum atomic E-state index is 6.04. The lowest BCUT2D eigenvalue weighted by Crippen LogP contribution is -2.14. The van der Waals surface area contributed by atoms with Crippen LogP contribution in [0.2, 0.25) is 0 Å². The molecule has 1 heteroatoms. The van der Waals surface area contributed by atoms with Crippen LogP contribution in [0.1, 0.15) is 72.6 Å². The molecule has 1 nitrogen and oxygen atoms in total. The molecule has 0 bridgehead atoms. The molecule has 1 aliphatic carbocycles. The SMILES string of the molecule is C=C(C)[C@@H]1CC/C(C)=C/CCC(C)=CCC[C@]2(C)O[C@@H]2C1. The van der Waals surface area contributed by atoms with E-state index in [1.807, 2.05) is 0 Å². The summed E-state index contributed by atoms with van der Waals surface area (Å²) < 4.78 is 6.04. The molecule has 0 radical (unpaired) electrons. The van der Waals surface area contributed by atoms with Gasteiger partial charge in [0.15, 0.2) is 0 Å². The Morgan fingerprint density at radius 2 is 1.86 bits per heavy atom. The zero-order chi connectivity index (χ0) is 15.5. The lowest BCUT2D eigenvalue weighted by Gasteiger charge is -2.17.